The van der Waals surface area contributed by atoms with E-state index in [1.807, 2.05) is 12.1 Å². The molecule has 0 saturated heterocycles. The number of hydrazone groups is 1. The highest BCUT2D eigenvalue weighted by molar-refractivity contribution is 5.87. The Morgan fingerprint density at radius 3 is 2.62 bits per heavy atom. The Kier molecular flexibility index (Phi) is 5.07. The van der Waals surface area contributed by atoms with Gasteiger partial charge < -0.3 is 24.4 Å². The molecule has 2 aromatic rings. The van der Waals surface area contributed by atoms with Gasteiger partial charge in [-0.3, -0.25) is 10.1 Å². The number of nitrogens with one attached hydrogen (secondary N) is 1. The van der Waals surface area contributed by atoms with E-state index >= 15 is 0 Å². The number of ether oxygens (including phenoxy) is 4. The lowest BCUT2D eigenvalue weighted by Crippen LogP contribution is -2.06. The van der Waals surface area contributed by atoms with Crippen LogP contribution in [0.3, 0.4) is 0 Å². The first-order chi connectivity index (χ1) is 12.6. The van der Waals surface area contributed by atoms with Gasteiger partial charge >= 0.3 is 0 Å². The van der Waals surface area contributed by atoms with E-state index in [4.69, 9.17) is 18.9 Å². The number of nitro groups is 1. The highest BCUT2D eigenvalue weighted by Crippen LogP contribution is 2.37. The maximum Gasteiger partial charge on any atom is 0.282 e. The van der Waals surface area contributed by atoms with Crippen molar-refractivity contribution in [2.45, 2.75) is 6.54 Å². The van der Waals surface area contributed by atoms with Crippen molar-refractivity contribution in [2.24, 2.45) is 5.10 Å². The molecule has 1 heterocycles. The number of fused-ring (bicyclic) bond motifs is 1. The Morgan fingerprint density at radius 2 is 1.92 bits per heavy atom. The van der Waals surface area contributed by atoms with Gasteiger partial charge in [-0.05, 0) is 23.8 Å². The molecule has 0 radical (unpaired) electrons. The third-order valence-corrected chi connectivity index (χ3v) is 3.74. The molecule has 3 rings (SSSR count). The number of nitro benzene ring substituents is 1. The first-order valence-corrected chi connectivity index (χ1v) is 7.67. The maximum atomic E-state index is 11.2. The summed E-state index contributed by atoms with van der Waals surface area (Å²) in [5.74, 6) is 2.06. The fourth-order valence-corrected chi connectivity index (χ4v) is 2.45. The first kappa shape index (κ1) is 17.3. The largest absolute Gasteiger partial charge is 0.493 e. The number of hydrogen-bond acceptors (Lipinski definition) is 8. The van der Waals surface area contributed by atoms with Crippen molar-refractivity contribution in [2.75, 3.05) is 21.0 Å². The minimum atomic E-state index is -0.488. The third kappa shape index (κ3) is 3.61. The van der Waals surface area contributed by atoms with Gasteiger partial charge in [-0.15, -0.1) is 0 Å². The van der Waals surface area contributed by atoms with Gasteiger partial charge in [0.1, 0.15) is 0 Å². The fraction of sp³-hybridized carbons (Fsp3) is 0.235. The molecule has 2 aromatic carbocycles. The van der Waals surface area contributed by atoms with Crippen LogP contribution < -0.4 is 24.4 Å². The molecule has 0 unspecified atom stereocenters. The van der Waals surface area contributed by atoms with Crippen LogP contribution in [0.2, 0.25) is 0 Å². The molecule has 26 heavy (non-hydrogen) atoms. The first-order valence-electron chi connectivity index (χ1n) is 7.67. The standard InChI is InChI=1S/C17H17N3O6/c1-23-14-4-3-11(5-15(14)24-2)8-18-19-9-12-6-16-17(26-10-25-16)7-13(12)20(21)22/h3-7,9,18H,8,10H2,1-2H3/b19-9+. The predicted molar refractivity (Wildman–Crippen MR) is 93.2 cm³/mol. The van der Waals surface area contributed by atoms with Crippen LogP contribution in [0.15, 0.2) is 35.4 Å². The van der Waals surface area contributed by atoms with Crippen LogP contribution in [0.5, 0.6) is 23.0 Å². The van der Waals surface area contributed by atoms with Crippen LogP contribution in [0.1, 0.15) is 11.1 Å². The topological polar surface area (TPSA) is 104 Å². The summed E-state index contributed by atoms with van der Waals surface area (Å²) in [7, 11) is 3.13. The van der Waals surface area contributed by atoms with Crippen molar-refractivity contribution in [1.29, 1.82) is 0 Å². The molecule has 0 aromatic heterocycles. The lowest BCUT2D eigenvalue weighted by atomic mass is 10.1. The predicted octanol–water partition coefficient (Wildman–Crippen LogP) is 2.46. The molecule has 0 atom stereocenters. The Morgan fingerprint density at radius 1 is 1.19 bits per heavy atom. The smallest absolute Gasteiger partial charge is 0.282 e. The molecule has 0 saturated carbocycles. The summed E-state index contributed by atoms with van der Waals surface area (Å²) in [5.41, 5.74) is 3.98. The second-order valence-electron chi connectivity index (χ2n) is 5.30. The summed E-state index contributed by atoms with van der Waals surface area (Å²) in [6, 6.07) is 8.35. The van der Waals surface area contributed by atoms with E-state index < -0.39 is 4.92 Å². The highest BCUT2D eigenvalue weighted by atomic mass is 16.7. The number of methoxy groups -OCH3 is 2. The summed E-state index contributed by atoms with van der Waals surface area (Å²) < 4.78 is 20.8. The van der Waals surface area contributed by atoms with E-state index in [9.17, 15) is 10.1 Å². The maximum absolute atomic E-state index is 11.2. The van der Waals surface area contributed by atoms with Gasteiger partial charge in [-0.1, -0.05) is 6.07 Å². The van der Waals surface area contributed by atoms with E-state index in [1.165, 1.54) is 18.3 Å². The van der Waals surface area contributed by atoms with Gasteiger partial charge in [0, 0.05) is 0 Å². The van der Waals surface area contributed by atoms with E-state index in [-0.39, 0.29) is 12.5 Å². The Hall–Kier alpha value is -3.49. The summed E-state index contributed by atoms with van der Waals surface area (Å²) in [6.45, 7) is 0.458. The second-order valence-corrected chi connectivity index (χ2v) is 5.30. The summed E-state index contributed by atoms with van der Waals surface area (Å²) in [6.07, 6.45) is 1.38. The summed E-state index contributed by atoms with van der Waals surface area (Å²) >= 11 is 0. The van der Waals surface area contributed by atoms with Crippen LogP contribution in [0.4, 0.5) is 5.69 Å². The van der Waals surface area contributed by atoms with Gasteiger partial charge in [-0.2, -0.15) is 5.10 Å². The normalized spacial score (nSPS) is 12.2. The van der Waals surface area contributed by atoms with Gasteiger partial charge in [0.05, 0.1) is 43.5 Å². The van der Waals surface area contributed by atoms with E-state index in [0.29, 0.717) is 35.1 Å². The molecule has 136 valence electrons. The highest BCUT2D eigenvalue weighted by Gasteiger charge is 2.22. The van der Waals surface area contributed by atoms with Crippen molar-refractivity contribution in [3.63, 3.8) is 0 Å². The van der Waals surface area contributed by atoms with Crippen LogP contribution in [0.25, 0.3) is 0 Å². The molecule has 0 fully saturated rings. The number of nitrogens with zero attached hydrogens (tertiary/aromatic N) is 2. The Balaban J connectivity index is 1.70. The lowest BCUT2D eigenvalue weighted by Gasteiger charge is -2.09. The molecular weight excluding hydrogens is 342 g/mol. The summed E-state index contributed by atoms with van der Waals surface area (Å²) in [4.78, 5) is 10.7. The summed E-state index contributed by atoms with van der Waals surface area (Å²) in [5, 5.41) is 15.3. The number of benzene rings is 2. The van der Waals surface area contributed by atoms with Crippen LogP contribution in [0, 0.1) is 10.1 Å². The molecule has 1 aliphatic rings. The van der Waals surface area contributed by atoms with Gasteiger partial charge in [0.15, 0.2) is 23.0 Å². The van der Waals surface area contributed by atoms with E-state index in [1.54, 1.807) is 20.3 Å². The Bertz CT molecular complexity index is 853. The molecule has 0 aliphatic carbocycles. The number of hydrogen-bond donors (Lipinski definition) is 1. The minimum Gasteiger partial charge on any atom is -0.493 e. The average molecular weight is 359 g/mol. The molecular formula is C17H17N3O6. The zero-order chi connectivity index (χ0) is 18.5. The molecule has 9 nitrogen and oxygen atoms in total. The molecule has 9 heteroatoms. The molecule has 0 spiro atoms. The van der Waals surface area contributed by atoms with E-state index in [0.717, 1.165) is 5.56 Å². The SMILES string of the molecule is COc1ccc(CN/N=C/c2cc3c(cc2[N+](=O)[O-])OCO3)cc1OC. The fourth-order valence-electron chi connectivity index (χ4n) is 2.45. The van der Waals surface area contributed by atoms with Crippen molar-refractivity contribution < 1.29 is 23.9 Å². The van der Waals surface area contributed by atoms with Gasteiger partial charge in [-0.25, -0.2) is 0 Å². The zero-order valence-corrected chi connectivity index (χ0v) is 14.2. The van der Waals surface area contributed by atoms with Gasteiger partial charge in [0.2, 0.25) is 6.79 Å². The molecule has 1 N–H and O–H groups in total. The van der Waals surface area contributed by atoms with E-state index in [2.05, 4.69) is 10.5 Å². The van der Waals surface area contributed by atoms with Crippen molar-refractivity contribution in [3.05, 3.63) is 51.6 Å². The van der Waals surface area contributed by atoms with Crippen molar-refractivity contribution in [1.82, 2.24) is 5.43 Å². The van der Waals surface area contributed by atoms with Crippen molar-refractivity contribution in [3.8, 4) is 23.0 Å². The van der Waals surface area contributed by atoms with Crippen LogP contribution in [-0.4, -0.2) is 32.2 Å². The van der Waals surface area contributed by atoms with Gasteiger partial charge in [0.25, 0.3) is 5.69 Å². The quantitative estimate of drug-likeness (QED) is 0.460. The van der Waals surface area contributed by atoms with Crippen LogP contribution >= 0.6 is 0 Å². The zero-order valence-electron chi connectivity index (χ0n) is 14.2. The Labute approximate surface area is 149 Å². The second kappa shape index (κ2) is 7.60. The third-order valence-electron chi connectivity index (χ3n) is 3.74. The number of rotatable bonds is 7. The molecule has 1 aliphatic heterocycles. The van der Waals surface area contributed by atoms with Crippen LogP contribution in [-0.2, 0) is 6.54 Å². The average Bonchev–Trinajstić information content (AvgIpc) is 3.11. The molecule has 0 amide bonds. The molecule has 0 bridgehead atoms. The lowest BCUT2D eigenvalue weighted by molar-refractivity contribution is -0.385. The minimum absolute atomic E-state index is 0.0463. The monoisotopic (exact) mass is 359 g/mol. The van der Waals surface area contributed by atoms with Crippen molar-refractivity contribution >= 4 is 11.9 Å².